The van der Waals surface area contributed by atoms with E-state index in [1.165, 1.54) is 0 Å². The van der Waals surface area contributed by atoms with E-state index in [1.54, 1.807) is 30.5 Å². The van der Waals surface area contributed by atoms with Crippen molar-refractivity contribution in [3.63, 3.8) is 0 Å². The van der Waals surface area contributed by atoms with Crippen LogP contribution in [0.25, 0.3) is 11.3 Å². The first kappa shape index (κ1) is 17.4. The van der Waals surface area contributed by atoms with Gasteiger partial charge in [-0.1, -0.05) is 6.07 Å². The lowest BCUT2D eigenvalue weighted by molar-refractivity contribution is 0.592. The van der Waals surface area contributed by atoms with Crippen molar-refractivity contribution in [2.75, 3.05) is 16.3 Å². The number of nitrogens with zero attached hydrogens (tertiary/aromatic N) is 1. The summed E-state index contributed by atoms with van der Waals surface area (Å²) >= 11 is 0. The number of benzene rings is 2. The first-order chi connectivity index (χ1) is 12.4. The first-order valence-corrected chi connectivity index (χ1v) is 9.45. The Bertz CT molecular complexity index is 1080. The van der Waals surface area contributed by atoms with Gasteiger partial charge in [-0.3, -0.25) is 4.72 Å². The Kier molecular flexibility index (Phi) is 4.82. The lowest BCUT2D eigenvalue weighted by atomic mass is 10.1. The van der Waals surface area contributed by atoms with Crippen molar-refractivity contribution in [1.82, 2.24) is 4.98 Å². The highest BCUT2D eigenvalue weighted by atomic mass is 32.2. The molecule has 0 atom stereocenters. The van der Waals surface area contributed by atoms with Crippen LogP contribution in [0.3, 0.4) is 0 Å². The number of aromatic nitrogens is 1. The summed E-state index contributed by atoms with van der Waals surface area (Å²) < 4.78 is 30.7. The zero-order valence-corrected chi connectivity index (χ0v) is 14.7. The number of sulfonamides is 1. The van der Waals surface area contributed by atoms with Crippen LogP contribution >= 0.6 is 0 Å². The van der Waals surface area contributed by atoms with Gasteiger partial charge in [0.25, 0.3) is 6.01 Å². The van der Waals surface area contributed by atoms with Crippen LogP contribution in [0, 0.1) is 12.0 Å². The molecule has 0 aliphatic rings. The minimum Gasteiger partial charge on any atom is -0.423 e. The molecule has 3 rings (SSSR count). The van der Waals surface area contributed by atoms with Crippen LogP contribution in [-0.2, 0) is 10.0 Å². The molecule has 7 nitrogen and oxygen atoms in total. The lowest BCUT2D eigenvalue weighted by Gasteiger charge is -2.06. The maximum absolute atomic E-state index is 11.3. The summed E-state index contributed by atoms with van der Waals surface area (Å²) in [4.78, 5) is 4.19. The molecule has 1 aromatic heterocycles. The first-order valence-electron chi connectivity index (χ1n) is 7.56. The molecule has 132 valence electrons. The highest BCUT2D eigenvalue weighted by Gasteiger charge is 2.08. The Hall–Kier alpha value is -3.44. The summed E-state index contributed by atoms with van der Waals surface area (Å²) in [7, 11) is -3.34. The SMILES string of the molecule is CS(=O)(=O)Nc1cccc(Nc2ncc(-c3ccc(C#CN)cc3)o2)c1. The highest BCUT2D eigenvalue weighted by molar-refractivity contribution is 7.92. The summed E-state index contributed by atoms with van der Waals surface area (Å²) in [5.74, 6) is 3.35. The summed E-state index contributed by atoms with van der Waals surface area (Å²) in [6, 6.07) is 16.8. The summed E-state index contributed by atoms with van der Waals surface area (Å²) in [5.41, 5.74) is 7.94. The number of anilines is 3. The van der Waals surface area contributed by atoms with Crippen molar-refractivity contribution in [3.05, 3.63) is 60.3 Å². The molecule has 0 aliphatic carbocycles. The van der Waals surface area contributed by atoms with E-state index in [4.69, 9.17) is 10.2 Å². The van der Waals surface area contributed by atoms with Crippen molar-refractivity contribution >= 4 is 27.4 Å². The third kappa shape index (κ3) is 4.55. The zero-order valence-electron chi connectivity index (χ0n) is 13.9. The van der Waals surface area contributed by atoms with Crippen LogP contribution in [0.4, 0.5) is 17.4 Å². The molecular weight excluding hydrogens is 352 g/mol. The Morgan fingerprint density at radius 1 is 1.12 bits per heavy atom. The molecule has 0 bridgehead atoms. The van der Waals surface area contributed by atoms with Crippen LogP contribution in [0.5, 0.6) is 0 Å². The Labute approximate surface area is 151 Å². The second kappa shape index (κ2) is 7.21. The smallest absolute Gasteiger partial charge is 0.299 e. The number of oxazole rings is 1. The number of hydrogen-bond acceptors (Lipinski definition) is 6. The van der Waals surface area contributed by atoms with Crippen LogP contribution in [0.15, 0.2) is 59.1 Å². The molecule has 0 aliphatic heterocycles. The molecule has 0 saturated heterocycles. The second-order valence-corrected chi connectivity index (χ2v) is 7.20. The zero-order chi connectivity index (χ0) is 18.6. The number of nitrogens with one attached hydrogen (secondary N) is 2. The van der Waals surface area contributed by atoms with Gasteiger partial charge in [-0.25, -0.2) is 13.4 Å². The van der Waals surface area contributed by atoms with E-state index in [0.717, 1.165) is 17.4 Å². The van der Waals surface area contributed by atoms with Crippen molar-refractivity contribution < 1.29 is 12.8 Å². The minimum absolute atomic E-state index is 0.294. The van der Waals surface area contributed by atoms with E-state index < -0.39 is 10.0 Å². The molecule has 2 aromatic carbocycles. The predicted octanol–water partition coefficient (Wildman–Crippen LogP) is 2.72. The maximum Gasteiger partial charge on any atom is 0.299 e. The number of hydrogen-bond donors (Lipinski definition) is 3. The maximum atomic E-state index is 11.3. The Morgan fingerprint density at radius 2 is 1.85 bits per heavy atom. The van der Waals surface area contributed by atoms with Gasteiger partial charge in [0, 0.05) is 22.9 Å². The average Bonchev–Trinajstić information content (AvgIpc) is 3.03. The largest absolute Gasteiger partial charge is 0.423 e. The quantitative estimate of drug-likeness (QED) is 0.472. The van der Waals surface area contributed by atoms with Gasteiger partial charge in [0.05, 0.1) is 18.1 Å². The van der Waals surface area contributed by atoms with Gasteiger partial charge in [-0.2, -0.15) is 0 Å². The number of nitrogens with two attached hydrogens (primary N) is 1. The molecule has 0 unspecified atom stereocenters. The van der Waals surface area contributed by atoms with Gasteiger partial charge < -0.3 is 15.5 Å². The molecular formula is C18H16N4O3S. The van der Waals surface area contributed by atoms with E-state index >= 15 is 0 Å². The van der Waals surface area contributed by atoms with Gasteiger partial charge in [0.15, 0.2) is 5.76 Å². The second-order valence-electron chi connectivity index (χ2n) is 5.46. The van der Waals surface area contributed by atoms with Gasteiger partial charge in [-0.15, -0.1) is 0 Å². The average molecular weight is 368 g/mol. The van der Waals surface area contributed by atoms with Crippen molar-refractivity contribution in [1.29, 1.82) is 0 Å². The van der Waals surface area contributed by atoms with Crippen LogP contribution in [-0.4, -0.2) is 19.7 Å². The molecule has 0 fully saturated rings. The van der Waals surface area contributed by atoms with Gasteiger partial charge in [-0.05, 0) is 48.4 Å². The van der Waals surface area contributed by atoms with Crippen LogP contribution in [0.2, 0.25) is 0 Å². The van der Waals surface area contributed by atoms with Crippen molar-refractivity contribution in [2.24, 2.45) is 5.73 Å². The Balaban J connectivity index is 1.76. The molecule has 0 spiro atoms. The minimum atomic E-state index is -3.34. The highest BCUT2D eigenvalue weighted by Crippen LogP contribution is 2.25. The van der Waals surface area contributed by atoms with E-state index in [1.807, 2.05) is 24.3 Å². The van der Waals surface area contributed by atoms with Crippen LogP contribution < -0.4 is 15.8 Å². The van der Waals surface area contributed by atoms with E-state index in [2.05, 4.69) is 27.0 Å². The third-order valence-electron chi connectivity index (χ3n) is 3.31. The lowest BCUT2D eigenvalue weighted by Crippen LogP contribution is -2.09. The van der Waals surface area contributed by atoms with E-state index in [-0.39, 0.29) is 0 Å². The fraction of sp³-hybridized carbons (Fsp3) is 0.0556. The third-order valence-corrected chi connectivity index (χ3v) is 3.92. The van der Waals surface area contributed by atoms with Crippen molar-refractivity contribution in [3.8, 4) is 23.3 Å². The summed E-state index contributed by atoms with van der Waals surface area (Å²) in [6.45, 7) is 0. The fourth-order valence-electron chi connectivity index (χ4n) is 2.26. The van der Waals surface area contributed by atoms with E-state index in [9.17, 15) is 8.42 Å². The molecule has 0 amide bonds. The Morgan fingerprint density at radius 3 is 2.54 bits per heavy atom. The molecule has 1 heterocycles. The molecule has 3 aromatic rings. The van der Waals surface area contributed by atoms with Crippen molar-refractivity contribution in [2.45, 2.75) is 0 Å². The molecule has 26 heavy (non-hydrogen) atoms. The summed E-state index contributed by atoms with van der Waals surface area (Å²) in [5, 5.41) is 3.00. The normalized spacial score (nSPS) is 10.7. The fourth-order valence-corrected chi connectivity index (χ4v) is 2.82. The predicted molar refractivity (Wildman–Crippen MR) is 101 cm³/mol. The topological polar surface area (TPSA) is 110 Å². The molecule has 8 heteroatoms. The van der Waals surface area contributed by atoms with Gasteiger partial charge in [0.2, 0.25) is 10.0 Å². The van der Waals surface area contributed by atoms with Gasteiger partial charge in [0.1, 0.15) is 0 Å². The van der Waals surface area contributed by atoms with E-state index in [0.29, 0.717) is 23.1 Å². The summed E-state index contributed by atoms with van der Waals surface area (Å²) in [6.07, 6.45) is 2.70. The number of rotatable bonds is 5. The van der Waals surface area contributed by atoms with Crippen LogP contribution in [0.1, 0.15) is 5.56 Å². The monoisotopic (exact) mass is 368 g/mol. The molecule has 0 radical (unpaired) electrons. The molecule has 0 saturated carbocycles. The van der Waals surface area contributed by atoms with Gasteiger partial charge >= 0.3 is 0 Å². The molecule has 4 N–H and O–H groups in total. The standard InChI is InChI=1S/C18H16N4O3S/c1-26(23,24)22-16-4-2-3-15(11-16)21-18-20-12-17(25-18)14-7-5-13(6-8-14)9-10-19/h2-8,11-12,22H,19H2,1H3,(H,20,21).